The fraction of sp³-hybridized carbons (Fsp3) is 0.292. The molecule has 0 spiro atoms. The third kappa shape index (κ3) is 5.96. The van der Waals surface area contributed by atoms with Crippen LogP contribution in [0.2, 0.25) is 5.02 Å². The second-order valence-corrected chi connectivity index (χ2v) is 9.08. The zero-order valence-corrected chi connectivity index (χ0v) is 20.1. The van der Waals surface area contributed by atoms with Crippen molar-refractivity contribution < 1.29 is 9.53 Å². The minimum atomic E-state index is -0.263. The molecule has 1 aliphatic rings. The van der Waals surface area contributed by atoms with E-state index in [9.17, 15) is 4.79 Å². The maximum Gasteiger partial charge on any atom is 0.318 e. The van der Waals surface area contributed by atoms with E-state index in [0.29, 0.717) is 30.5 Å². The average Bonchev–Trinajstić information content (AvgIpc) is 2.84. The molecule has 0 radical (unpaired) electrons. The van der Waals surface area contributed by atoms with E-state index in [1.54, 1.807) is 18.8 Å². The Labute approximate surface area is 202 Å². The predicted octanol–water partition coefficient (Wildman–Crippen LogP) is 5.07. The van der Waals surface area contributed by atoms with Crippen molar-refractivity contribution in [1.29, 1.82) is 0 Å². The first-order valence-corrected chi connectivity index (χ1v) is 12.1. The number of carbonyl (C=O) groups excluding carboxylic acids is 1. The summed E-state index contributed by atoms with van der Waals surface area (Å²) < 4.78 is 5.61. The number of nitrogens with zero attached hydrogens (tertiary/aromatic N) is 3. The minimum absolute atomic E-state index is 0.227. The van der Waals surface area contributed by atoms with Gasteiger partial charge in [0, 0.05) is 41.6 Å². The number of hydrogen-bond acceptors (Lipinski definition) is 6. The van der Waals surface area contributed by atoms with Gasteiger partial charge >= 0.3 is 6.03 Å². The number of ether oxygens (including phenoxy) is 1. The Kier molecular flexibility index (Phi) is 7.69. The minimum Gasteiger partial charge on any atom is -0.377 e. The maximum atomic E-state index is 11.6. The standard InChI is InChI=1S/C24H26ClN5O2S/c1-16-14-32-12-11-30(16)22-13-19(15-33-21-6-4-3-5-20(21)25)27-23(29-22)17-7-9-18(10-8-17)28-24(31)26-2/h3-10,13,16H,11-12,14-15H2,1-2H3,(H2,26,28,31)/t16-/m0/s1. The van der Waals surface area contributed by atoms with Crippen LogP contribution in [0.25, 0.3) is 11.4 Å². The first kappa shape index (κ1) is 23.4. The molecule has 172 valence electrons. The Bertz CT molecular complexity index is 1110. The summed E-state index contributed by atoms with van der Waals surface area (Å²) in [7, 11) is 1.58. The molecule has 2 aromatic carbocycles. The second kappa shape index (κ2) is 10.9. The van der Waals surface area contributed by atoms with Crippen molar-refractivity contribution in [2.45, 2.75) is 23.6 Å². The van der Waals surface area contributed by atoms with Crippen LogP contribution in [0, 0.1) is 0 Å². The highest BCUT2D eigenvalue weighted by Crippen LogP contribution is 2.31. The second-order valence-electron chi connectivity index (χ2n) is 7.66. The zero-order valence-electron chi connectivity index (χ0n) is 18.5. The smallest absolute Gasteiger partial charge is 0.318 e. The number of benzene rings is 2. The fourth-order valence-corrected chi connectivity index (χ4v) is 4.64. The van der Waals surface area contributed by atoms with Crippen molar-refractivity contribution in [3.8, 4) is 11.4 Å². The van der Waals surface area contributed by atoms with Crippen LogP contribution < -0.4 is 15.5 Å². The van der Waals surface area contributed by atoms with E-state index < -0.39 is 0 Å². The number of morpholine rings is 1. The van der Waals surface area contributed by atoms with Crippen LogP contribution in [0.15, 0.2) is 59.5 Å². The molecule has 0 aliphatic carbocycles. The van der Waals surface area contributed by atoms with Gasteiger partial charge < -0.3 is 20.3 Å². The first-order chi connectivity index (χ1) is 16.0. The van der Waals surface area contributed by atoms with Crippen LogP contribution in [0.5, 0.6) is 0 Å². The lowest BCUT2D eigenvalue weighted by Gasteiger charge is -2.34. The first-order valence-electron chi connectivity index (χ1n) is 10.7. The molecular weight excluding hydrogens is 458 g/mol. The molecule has 4 rings (SSSR count). The van der Waals surface area contributed by atoms with Crippen LogP contribution in [0.3, 0.4) is 0 Å². The molecule has 1 saturated heterocycles. The van der Waals surface area contributed by atoms with E-state index in [1.165, 1.54) is 0 Å². The van der Waals surface area contributed by atoms with Gasteiger partial charge in [0.2, 0.25) is 0 Å². The van der Waals surface area contributed by atoms with Crippen LogP contribution in [0.1, 0.15) is 12.6 Å². The lowest BCUT2D eigenvalue weighted by molar-refractivity contribution is 0.0985. The van der Waals surface area contributed by atoms with Gasteiger partial charge in [-0.25, -0.2) is 14.8 Å². The van der Waals surface area contributed by atoms with Gasteiger partial charge in [0.1, 0.15) is 5.82 Å². The molecule has 2 heterocycles. The average molecular weight is 484 g/mol. The number of amides is 2. The molecule has 2 amide bonds. The number of nitrogens with one attached hydrogen (secondary N) is 2. The van der Waals surface area contributed by atoms with E-state index >= 15 is 0 Å². The summed E-state index contributed by atoms with van der Waals surface area (Å²) in [5.74, 6) is 2.20. The summed E-state index contributed by atoms with van der Waals surface area (Å²) in [6.45, 7) is 4.26. The molecule has 33 heavy (non-hydrogen) atoms. The molecule has 3 aromatic rings. The highest BCUT2D eigenvalue weighted by Gasteiger charge is 2.22. The molecule has 1 atom stereocenters. The summed E-state index contributed by atoms with van der Waals surface area (Å²) in [6.07, 6.45) is 0. The van der Waals surface area contributed by atoms with Gasteiger partial charge in [-0.2, -0.15) is 0 Å². The van der Waals surface area contributed by atoms with Crippen molar-refractivity contribution in [3.63, 3.8) is 0 Å². The Balaban J connectivity index is 1.63. The third-order valence-electron chi connectivity index (χ3n) is 5.27. The quantitative estimate of drug-likeness (QED) is 0.477. The summed E-state index contributed by atoms with van der Waals surface area (Å²) in [5.41, 5.74) is 2.50. The SMILES string of the molecule is CNC(=O)Nc1ccc(-c2nc(CSc3ccccc3Cl)cc(N3CCOC[C@@H]3C)n2)cc1. The van der Waals surface area contributed by atoms with Crippen LogP contribution in [-0.4, -0.2) is 48.8 Å². The van der Waals surface area contributed by atoms with E-state index in [4.69, 9.17) is 26.3 Å². The van der Waals surface area contributed by atoms with Gasteiger partial charge in [-0.3, -0.25) is 0 Å². The van der Waals surface area contributed by atoms with Gasteiger partial charge in [-0.15, -0.1) is 11.8 Å². The van der Waals surface area contributed by atoms with E-state index in [0.717, 1.165) is 33.5 Å². The highest BCUT2D eigenvalue weighted by atomic mass is 35.5. The lowest BCUT2D eigenvalue weighted by Crippen LogP contribution is -2.44. The Morgan fingerprint density at radius 3 is 2.73 bits per heavy atom. The molecule has 0 bridgehead atoms. The van der Waals surface area contributed by atoms with Crippen molar-refractivity contribution in [2.75, 3.05) is 37.0 Å². The summed E-state index contributed by atoms with van der Waals surface area (Å²) in [4.78, 5) is 24.6. The molecule has 9 heteroatoms. The summed E-state index contributed by atoms with van der Waals surface area (Å²) in [6, 6.07) is 17.3. The highest BCUT2D eigenvalue weighted by molar-refractivity contribution is 7.98. The van der Waals surface area contributed by atoms with Crippen LogP contribution >= 0.6 is 23.4 Å². The van der Waals surface area contributed by atoms with Crippen molar-refractivity contribution in [2.24, 2.45) is 0 Å². The van der Waals surface area contributed by atoms with Gasteiger partial charge in [-0.05, 0) is 43.3 Å². The molecule has 0 saturated carbocycles. The number of carbonyl (C=O) groups is 1. The lowest BCUT2D eigenvalue weighted by atomic mass is 10.2. The molecule has 0 unspecified atom stereocenters. The Morgan fingerprint density at radius 2 is 2.00 bits per heavy atom. The van der Waals surface area contributed by atoms with Gasteiger partial charge in [0.05, 0.1) is 30.0 Å². The third-order valence-corrected chi connectivity index (χ3v) is 6.82. The molecule has 1 aliphatic heterocycles. The number of rotatable bonds is 6. The molecule has 1 fully saturated rings. The Morgan fingerprint density at radius 1 is 1.21 bits per heavy atom. The number of thioether (sulfide) groups is 1. The number of halogens is 1. The van der Waals surface area contributed by atoms with Crippen LogP contribution in [-0.2, 0) is 10.5 Å². The molecule has 7 nitrogen and oxygen atoms in total. The number of hydrogen-bond donors (Lipinski definition) is 2. The van der Waals surface area contributed by atoms with E-state index in [-0.39, 0.29) is 12.1 Å². The molecule has 2 N–H and O–H groups in total. The van der Waals surface area contributed by atoms with Gasteiger partial charge in [0.15, 0.2) is 5.82 Å². The number of urea groups is 1. The predicted molar refractivity (Wildman–Crippen MR) is 134 cm³/mol. The number of anilines is 2. The van der Waals surface area contributed by atoms with Gasteiger partial charge in [-0.1, -0.05) is 23.7 Å². The van der Waals surface area contributed by atoms with Crippen molar-refractivity contribution in [1.82, 2.24) is 15.3 Å². The zero-order chi connectivity index (χ0) is 23.2. The largest absolute Gasteiger partial charge is 0.377 e. The van der Waals surface area contributed by atoms with E-state index in [2.05, 4.69) is 28.5 Å². The van der Waals surface area contributed by atoms with Crippen molar-refractivity contribution >= 4 is 40.9 Å². The van der Waals surface area contributed by atoms with Crippen molar-refractivity contribution in [3.05, 3.63) is 65.3 Å². The normalized spacial score (nSPS) is 15.8. The van der Waals surface area contributed by atoms with E-state index in [1.807, 2.05) is 48.5 Å². The number of aromatic nitrogens is 2. The fourth-order valence-electron chi connectivity index (χ4n) is 3.51. The maximum absolute atomic E-state index is 11.6. The molecule has 1 aromatic heterocycles. The Hall–Kier alpha value is -2.81. The monoisotopic (exact) mass is 483 g/mol. The topological polar surface area (TPSA) is 79.4 Å². The summed E-state index contributed by atoms with van der Waals surface area (Å²) in [5, 5.41) is 6.04. The van der Waals surface area contributed by atoms with Crippen LogP contribution in [0.4, 0.5) is 16.3 Å². The van der Waals surface area contributed by atoms with Gasteiger partial charge in [0.25, 0.3) is 0 Å². The summed E-state index contributed by atoms with van der Waals surface area (Å²) >= 11 is 7.99. The molecular formula is C24H26ClN5O2S.